The monoisotopic (exact) mass is 291 g/mol. The number of nitro groups is 1. The summed E-state index contributed by atoms with van der Waals surface area (Å²) in [6.07, 6.45) is 3.64. The highest BCUT2D eigenvalue weighted by Gasteiger charge is 2.37. The van der Waals surface area contributed by atoms with Crippen LogP contribution in [-0.2, 0) is 11.3 Å². The Morgan fingerprint density at radius 3 is 2.86 bits per heavy atom. The summed E-state index contributed by atoms with van der Waals surface area (Å²) in [4.78, 5) is 22.8. The number of rotatable bonds is 4. The Kier molecular flexibility index (Phi) is 4.57. The first-order valence-electron chi connectivity index (χ1n) is 7.21. The molecule has 0 heterocycles. The molecule has 0 saturated heterocycles. The van der Waals surface area contributed by atoms with E-state index in [4.69, 9.17) is 5.73 Å². The summed E-state index contributed by atoms with van der Waals surface area (Å²) < 4.78 is 0. The van der Waals surface area contributed by atoms with Gasteiger partial charge in [0, 0.05) is 23.7 Å². The van der Waals surface area contributed by atoms with Crippen molar-refractivity contribution in [2.75, 3.05) is 0 Å². The van der Waals surface area contributed by atoms with Crippen LogP contribution in [0.4, 0.5) is 5.69 Å². The number of nitro benzene ring substituents is 1. The Hall–Kier alpha value is -1.95. The van der Waals surface area contributed by atoms with E-state index in [-0.39, 0.29) is 24.1 Å². The zero-order valence-corrected chi connectivity index (χ0v) is 12.2. The van der Waals surface area contributed by atoms with Crippen LogP contribution in [0.15, 0.2) is 24.3 Å². The Bertz CT molecular complexity index is 543. The van der Waals surface area contributed by atoms with E-state index in [0.717, 1.165) is 25.7 Å². The van der Waals surface area contributed by atoms with Crippen LogP contribution >= 0.6 is 0 Å². The zero-order valence-electron chi connectivity index (χ0n) is 12.2. The average Bonchev–Trinajstić information content (AvgIpc) is 2.44. The van der Waals surface area contributed by atoms with Crippen molar-refractivity contribution in [3.8, 4) is 0 Å². The SMILES string of the molecule is CC1(N)CCCCC1C(=O)NCc1ccccc1[N+](=O)[O-]. The standard InChI is InChI=1S/C15H21N3O3/c1-15(16)9-5-4-7-12(15)14(19)17-10-11-6-2-3-8-13(11)18(20)21/h2-3,6,8,12H,4-5,7,9-10,16H2,1H3,(H,17,19). The van der Waals surface area contributed by atoms with Crippen molar-refractivity contribution in [2.24, 2.45) is 11.7 Å². The van der Waals surface area contributed by atoms with Gasteiger partial charge < -0.3 is 11.1 Å². The quantitative estimate of drug-likeness (QED) is 0.655. The molecule has 1 saturated carbocycles. The number of nitrogens with one attached hydrogen (secondary N) is 1. The highest BCUT2D eigenvalue weighted by Crippen LogP contribution is 2.31. The van der Waals surface area contributed by atoms with Gasteiger partial charge in [0.25, 0.3) is 5.69 Å². The summed E-state index contributed by atoms with van der Waals surface area (Å²) in [5.41, 5.74) is 6.24. The maximum absolute atomic E-state index is 12.3. The first-order valence-corrected chi connectivity index (χ1v) is 7.21. The van der Waals surface area contributed by atoms with Gasteiger partial charge in [-0.3, -0.25) is 14.9 Å². The first-order chi connectivity index (χ1) is 9.92. The van der Waals surface area contributed by atoms with Crippen molar-refractivity contribution in [1.82, 2.24) is 5.32 Å². The molecule has 6 heteroatoms. The molecule has 1 aromatic carbocycles. The number of nitrogens with zero attached hydrogens (tertiary/aromatic N) is 1. The largest absolute Gasteiger partial charge is 0.351 e. The summed E-state index contributed by atoms with van der Waals surface area (Å²) in [7, 11) is 0. The molecule has 114 valence electrons. The molecule has 1 aliphatic rings. The van der Waals surface area contributed by atoms with Crippen LogP contribution in [0.1, 0.15) is 38.2 Å². The van der Waals surface area contributed by atoms with E-state index in [9.17, 15) is 14.9 Å². The minimum atomic E-state index is -0.495. The molecule has 21 heavy (non-hydrogen) atoms. The van der Waals surface area contributed by atoms with Gasteiger partial charge in [-0.25, -0.2) is 0 Å². The maximum Gasteiger partial charge on any atom is 0.274 e. The summed E-state index contributed by atoms with van der Waals surface area (Å²) >= 11 is 0. The van der Waals surface area contributed by atoms with Crippen molar-refractivity contribution in [3.05, 3.63) is 39.9 Å². The van der Waals surface area contributed by atoms with Gasteiger partial charge in [-0.05, 0) is 19.8 Å². The Morgan fingerprint density at radius 2 is 2.19 bits per heavy atom. The number of hydrogen-bond donors (Lipinski definition) is 2. The molecular formula is C15H21N3O3. The molecule has 0 spiro atoms. The third-order valence-corrected chi connectivity index (χ3v) is 4.21. The van der Waals surface area contributed by atoms with E-state index in [1.165, 1.54) is 6.07 Å². The predicted molar refractivity (Wildman–Crippen MR) is 79.5 cm³/mol. The molecule has 3 N–H and O–H groups in total. The van der Waals surface area contributed by atoms with Gasteiger partial charge in [-0.2, -0.15) is 0 Å². The molecule has 0 radical (unpaired) electrons. The van der Waals surface area contributed by atoms with Crippen LogP contribution in [0.2, 0.25) is 0 Å². The smallest absolute Gasteiger partial charge is 0.274 e. The van der Waals surface area contributed by atoms with E-state index in [1.807, 2.05) is 6.92 Å². The van der Waals surface area contributed by atoms with Crippen molar-refractivity contribution in [3.63, 3.8) is 0 Å². The normalized spacial score (nSPS) is 25.3. The zero-order chi connectivity index (χ0) is 15.5. The fraction of sp³-hybridized carbons (Fsp3) is 0.533. The van der Waals surface area contributed by atoms with Crippen LogP contribution in [0.5, 0.6) is 0 Å². The van der Waals surface area contributed by atoms with Crippen molar-refractivity contribution in [2.45, 2.75) is 44.7 Å². The number of carbonyl (C=O) groups excluding carboxylic acids is 1. The number of carbonyl (C=O) groups is 1. The molecule has 2 rings (SSSR count). The fourth-order valence-electron chi connectivity index (χ4n) is 2.93. The van der Waals surface area contributed by atoms with E-state index < -0.39 is 10.5 Å². The van der Waals surface area contributed by atoms with Gasteiger partial charge in [-0.15, -0.1) is 0 Å². The number of benzene rings is 1. The highest BCUT2D eigenvalue weighted by atomic mass is 16.6. The molecular weight excluding hydrogens is 270 g/mol. The Morgan fingerprint density at radius 1 is 1.48 bits per heavy atom. The van der Waals surface area contributed by atoms with Crippen molar-refractivity contribution < 1.29 is 9.72 Å². The number of nitrogens with two attached hydrogens (primary N) is 1. The van der Waals surface area contributed by atoms with Gasteiger partial charge in [0.2, 0.25) is 5.91 Å². The topological polar surface area (TPSA) is 98.3 Å². The minimum absolute atomic E-state index is 0.0250. The lowest BCUT2D eigenvalue weighted by Crippen LogP contribution is -2.52. The van der Waals surface area contributed by atoms with Crippen LogP contribution in [-0.4, -0.2) is 16.4 Å². The average molecular weight is 291 g/mol. The number of hydrogen-bond acceptors (Lipinski definition) is 4. The molecule has 0 bridgehead atoms. The number of para-hydroxylation sites is 1. The van der Waals surface area contributed by atoms with Crippen molar-refractivity contribution >= 4 is 11.6 Å². The summed E-state index contributed by atoms with van der Waals surface area (Å²) in [5.74, 6) is -0.341. The van der Waals surface area contributed by atoms with Gasteiger partial charge in [0.05, 0.1) is 10.8 Å². The molecule has 1 aliphatic carbocycles. The third-order valence-electron chi connectivity index (χ3n) is 4.21. The summed E-state index contributed by atoms with van der Waals surface area (Å²) in [6, 6.07) is 6.43. The Labute approximate surface area is 123 Å². The molecule has 0 aromatic heterocycles. The summed E-state index contributed by atoms with van der Waals surface area (Å²) in [5, 5.41) is 13.7. The highest BCUT2D eigenvalue weighted by molar-refractivity contribution is 5.80. The van der Waals surface area contributed by atoms with Crippen LogP contribution in [0.3, 0.4) is 0 Å². The van der Waals surface area contributed by atoms with E-state index in [1.54, 1.807) is 18.2 Å². The van der Waals surface area contributed by atoms with Crippen LogP contribution in [0.25, 0.3) is 0 Å². The van der Waals surface area contributed by atoms with Gasteiger partial charge in [0.1, 0.15) is 0 Å². The maximum atomic E-state index is 12.3. The molecule has 1 amide bonds. The van der Waals surface area contributed by atoms with E-state index >= 15 is 0 Å². The second-order valence-corrected chi connectivity index (χ2v) is 5.91. The lowest BCUT2D eigenvalue weighted by molar-refractivity contribution is -0.385. The minimum Gasteiger partial charge on any atom is -0.351 e. The molecule has 2 atom stereocenters. The molecule has 1 aromatic rings. The van der Waals surface area contributed by atoms with E-state index in [0.29, 0.717) is 5.56 Å². The van der Waals surface area contributed by atoms with E-state index in [2.05, 4.69) is 5.32 Å². The Balaban J connectivity index is 2.03. The molecule has 2 unspecified atom stereocenters. The molecule has 6 nitrogen and oxygen atoms in total. The fourth-order valence-corrected chi connectivity index (χ4v) is 2.93. The number of amides is 1. The van der Waals surface area contributed by atoms with Crippen LogP contribution < -0.4 is 11.1 Å². The first kappa shape index (κ1) is 15.4. The van der Waals surface area contributed by atoms with Crippen LogP contribution in [0, 0.1) is 16.0 Å². The summed E-state index contributed by atoms with van der Waals surface area (Å²) in [6.45, 7) is 2.06. The predicted octanol–water partition coefficient (Wildman–Crippen LogP) is 2.12. The second kappa shape index (κ2) is 6.22. The molecule has 0 aliphatic heterocycles. The van der Waals surface area contributed by atoms with Crippen molar-refractivity contribution in [1.29, 1.82) is 0 Å². The van der Waals surface area contributed by atoms with Gasteiger partial charge >= 0.3 is 0 Å². The lowest BCUT2D eigenvalue weighted by atomic mass is 9.74. The van der Waals surface area contributed by atoms with Gasteiger partial charge in [-0.1, -0.05) is 31.0 Å². The molecule has 1 fully saturated rings. The van der Waals surface area contributed by atoms with Gasteiger partial charge in [0.15, 0.2) is 0 Å². The third kappa shape index (κ3) is 3.58. The lowest BCUT2D eigenvalue weighted by Gasteiger charge is -2.37. The second-order valence-electron chi connectivity index (χ2n) is 5.91.